The van der Waals surface area contributed by atoms with Crippen LogP contribution < -0.4 is 5.32 Å². The van der Waals surface area contributed by atoms with E-state index in [-0.39, 0.29) is 18.9 Å². The van der Waals surface area contributed by atoms with E-state index in [4.69, 9.17) is 18.9 Å². The van der Waals surface area contributed by atoms with Crippen LogP contribution in [0.2, 0.25) is 0 Å². The molecule has 0 saturated carbocycles. The van der Waals surface area contributed by atoms with Crippen LogP contribution in [-0.4, -0.2) is 140 Å². The number of allylic oxidation sites excluding steroid dienone is 7. The predicted octanol–water partition coefficient (Wildman–Crippen LogP) is 10.8. The molecule has 2 heterocycles. The smallest absolute Gasteiger partial charge is 0.220 e. The number of amides is 1. The molecule has 2 rings (SSSR count). The fourth-order valence-electron chi connectivity index (χ4n) is 10.0. The quantitative estimate of drug-likeness (QED) is 0.0204. The highest BCUT2D eigenvalue weighted by atomic mass is 16.7. The number of aliphatic hydroxyl groups excluding tert-OH is 8. The maximum absolute atomic E-state index is 13.3. The first-order valence-corrected chi connectivity index (χ1v) is 30.9. The number of unbranched alkanes of at least 4 members (excludes halogenated alkanes) is 30. The third-order valence-corrected chi connectivity index (χ3v) is 15.0. The topological polar surface area (TPSA) is 228 Å². The van der Waals surface area contributed by atoms with Crippen LogP contribution in [0, 0.1) is 0 Å². The SMILES string of the molecule is CCCCCCC/C=C\C/C=C\C/C=C\CCCCCCCCC(=O)NC(COC1OC(CO)C(OC2OC(CO)C(O)C(O)C2O)C(O)C1O)C(O)/C=C/CCCCCCCCCCCCCCCCCCCCC. The number of rotatable bonds is 49. The molecule has 0 aromatic heterocycles. The van der Waals surface area contributed by atoms with Crippen LogP contribution in [0.5, 0.6) is 0 Å². The van der Waals surface area contributed by atoms with E-state index < -0.39 is 86.8 Å². The molecule has 0 aromatic rings. The molecule has 2 fully saturated rings. The summed E-state index contributed by atoms with van der Waals surface area (Å²) in [6.45, 7) is 2.79. The average molecular weight is 1080 g/mol. The maximum Gasteiger partial charge on any atom is 0.220 e. The molecule has 12 unspecified atom stereocenters. The minimum atomic E-state index is -1.79. The van der Waals surface area contributed by atoms with Gasteiger partial charge in [0.1, 0.15) is 48.8 Å². The van der Waals surface area contributed by atoms with E-state index >= 15 is 0 Å². The van der Waals surface area contributed by atoms with E-state index in [0.29, 0.717) is 6.42 Å². The molecule has 0 bridgehead atoms. The molecule has 0 radical (unpaired) electrons. The van der Waals surface area contributed by atoms with Crippen molar-refractivity contribution >= 4 is 5.91 Å². The number of hydrogen-bond acceptors (Lipinski definition) is 13. The van der Waals surface area contributed by atoms with Crippen molar-refractivity contribution < 1.29 is 64.6 Å². The Morgan fingerprint density at radius 2 is 0.868 bits per heavy atom. The fourth-order valence-corrected chi connectivity index (χ4v) is 10.0. The molecule has 1 amide bonds. The van der Waals surface area contributed by atoms with Crippen molar-refractivity contribution in [1.82, 2.24) is 5.32 Å². The van der Waals surface area contributed by atoms with Gasteiger partial charge < -0.3 is 65.1 Å². The van der Waals surface area contributed by atoms with Gasteiger partial charge in [-0.15, -0.1) is 0 Å². The monoisotopic (exact) mass is 1080 g/mol. The van der Waals surface area contributed by atoms with E-state index in [9.17, 15) is 45.6 Å². The van der Waals surface area contributed by atoms with Crippen molar-refractivity contribution in [3.05, 3.63) is 48.6 Å². The number of aliphatic hydroxyl groups is 8. The zero-order valence-electron chi connectivity index (χ0n) is 47.7. The van der Waals surface area contributed by atoms with Gasteiger partial charge in [-0.1, -0.05) is 229 Å². The molecule has 0 aliphatic carbocycles. The lowest BCUT2D eigenvalue weighted by atomic mass is 9.97. The zero-order chi connectivity index (χ0) is 55.3. The van der Waals surface area contributed by atoms with Crippen LogP contribution in [0.4, 0.5) is 0 Å². The third kappa shape index (κ3) is 32.9. The second kappa shape index (κ2) is 47.7. The number of hydrogen-bond donors (Lipinski definition) is 9. The highest BCUT2D eigenvalue weighted by Gasteiger charge is 2.51. The van der Waals surface area contributed by atoms with Crippen LogP contribution in [0.3, 0.4) is 0 Å². The Bertz CT molecular complexity index is 1460. The molecular formula is C62H113NO13. The largest absolute Gasteiger partial charge is 0.394 e. The Balaban J connectivity index is 1.77. The summed E-state index contributed by atoms with van der Waals surface area (Å²) in [5.41, 5.74) is 0. The first-order valence-electron chi connectivity index (χ1n) is 30.9. The van der Waals surface area contributed by atoms with Crippen molar-refractivity contribution in [3.8, 4) is 0 Å². The van der Waals surface area contributed by atoms with Crippen molar-refractivity contribution in [2.45, 2.75) is 319 Å². The normalized spacial score (nSPS) is 25.2. The summed E-state index contributed by atoms with van der Waals surface area (Å²) in [6.07, 6.45) is 42.8. The first-order chi connectivity index (χ1) is 37.1. The van der Waals surface area contributed by atoms with Crippen LogP contribution in [0.1, 0.15) is 245 Å². The molecule has 444 valence electrons. The molecule has 14 heteroatoms. The van der Waals surface area contributed by atoms with Gasteiger partial charge >= 0.3 is 0 Å². The Labute approximate surface area is 461 Å². The molecule has 2 aliphatic rings. The number of carbonyl (C=O) groups excluding carboxylic acids is 1. The summed E-state index contributed by atoms with van der Waals surface area (Å²) in [5.74, 6) is -0.251. The summed E-state index contributed by atoms with van der Waals surface area (Å²) < 4.78 is 22.8. The molecule has 9 N–H and O–H groups in total. The van der Waals surface area contributed by atoms with Gasteiger partial charge in [0.2, 0.25) is 5.91 Å². The second-order valence-electron chi connectivity index (χ2n) is 21.8. The Kier molecular flexibility index (Phi) is 44.0. The molecule has 0 aromatic carbocycles. The molecule has 0 spiro atoms. The Morgan fingerprint density at radius 1 is 0.474 bits per heavy atom. The van der Waals surface area contributed by atoms with Gasteiger partial charge in [0.15, 0.2) is 12.6 Å². The Morgan fingerprint density at radius 3 is 1.33 bits per heavy atom. The average Bonchev–Trinajstić information content (AvgIpc) is 3.42. The highest BCUT2D eigenvalue weighted by molar-refractivity contribution is 5.76. The van der Waals surface area contributed by atoms with Gasteiger partial charge in [-0.05, 0) is 57.8 Å². The Hall–Kier alpha value is -2.05. The van der Waals surface area contributed by atoms with Crippen molar-refractivity contribution in [1.29, 1.82) is 0 Å². The first kappa shape index (κ1) is 70.1. The van der Waals surface area contributed by atoms with Crippen LogP contribution in [-0.2, 0) is 23.7 Å². The van der Waals surface area contributed by atoms with Gasteiger partial charge in [0.05, 0.1) is 32.0 Å². The van der Waals surface area contributed by atoms with E-state index in [1.807, 2.05) is 6.08 Å². The molecule has 2 aliphatic heterocycles. The third-order valence-electron chi connectivity index (χ3n) is 15.0. The predicted molar refractivity (Wildman–Crippen MR) is 304 cm³/mol. The van der Waals surface area contributed by atoms with Gasteiger partial charge in [-0.3, -0.25) is 4.79 Å². The van der Waals surface area contributed by atoms with E-state index in [0.717, 1.165) is 70.6 Å². The lowest BCUT2D eigenvalue weighted by Crippen LogP contribution is -2.65. The van der Waals surface area contributed by atoms with E-state index in [1.165, 1.54) is 148 Å². The molecular weight excluding hydrogens is 967 g/mol. The standard InChI is InChI=1S/C62H113NO13/c1-3-5-7-9-11-13-15-17-19-21-23-25-27-29-31-33-35-37-39-41-43-45-51(66)50(49-73-61-59(72)57(70)60(53(48-65)75-61)76-62-58(71)56(69)55(68)52(47-64)74-62)63-54(67)46-44-42-40-38-36-34-32-30-28-26-24-22-20-18-16-14-12-10-8-6-4-2/h16,18,22,24,28,30,43,45,50-53,55-62,64-66,68-72H,3-15,17,19-21,23,25-27,29,31-42,44,46-49H2,1-2H3,(H,63,67)/b18-16-,24-22-,30-28-,45-43+. The summed E-state index contributed by atoms with van der Waals surface area (Å²) in [7, 11) is 0. The van der Waals surface area contributed by atoms with E-state index in [1.54, 1.807) is 6.08 Å². The number of nitrogens with one attached hydrogen (secondary N) is 1. The summed E-state index contributed by atoms with van der Waals surface area (Å²) in [5, 5.41) is 87.2. The minimum absolute atomic E-state index is 0.251. The maximum atomic E-state index is 13.3. The summed E-state index contributed by atoms with van der Waals surface area (Å²) >= 11 is 0. The van der Waals surface area contributed by atoms with Crippen LogP contribution >= 0.6 is 0 Å². The minimum Gasteiger partial charge on any atom is -0.394 e. The molecule has 76 heavy (non-hydrogen) atoms. The zero-order valence-corrected chi connectivity index (χ0v) is 47.7. The van der Waals surface area contributed by atoms with Gasteiger partial charge in [0, 0.05) is 6.42 Å². The van der Waals surface area contributed by atoms with Gasteiger partial charge in [0.25, 0.3) is 0 Å². The van der Waals surface area contributed by atoms with Crippen LogP contribution in [0.15, 0.2) is 48.6 Å². The fraction of sp³-hybridized carbons (Fsp3) is 0.855. The van der Waals surface area contributed by atoms with Crippen LogP contribution in [0.25, 0.3) is 0 Å². The molecule has 12 atom stereocenters. The molecule has 14 nitrogen and oxygen atoms in total. The van der Waals surface area contributed by atoms with Crippen molar-refractivity contribution in [2.75, 3.05) is 19.8 Å². The summed E-state index contributed by atoms with van der Waals surface area (Å²) in [4.78, 5) is 13.3. The van der Waals surface area contributed by atoms with Gasteiger partial charge in [-0.2, -0.15) is 0 Å². The lowest BCUT2D eigenvalue weighted by molar-refractivity contribution is -0.359. The van der Waals surface area contributed by atoms with E-state index in [2.05, 4.69) is 55.6 Å². The van der Waals surface area contributed by atoms with Crippen molar-refractivity contribution in [3.63, 3.8) is 0 Å². The number of ether oxygens (including phenoxy) is 4. The second-order valence-corrected chi connectivity index (χ2v) is 21.8. The highest BCUT2D eigenvalue weighted by Crippen LogP contribution is 2.30. The lowest BCUT2D eigenvalue weighted by Gasteiger charge is -2.46. The summed E-state index contributed by atoms with van der Waals surface area (Å²) in [6, 6.07) is -0.923. The van der Waals surface area contributed by atoms with Gasteiger partial charge in [-0.25, -0.2) is 0 Å². The van der Waals surface area contributed by atoms with Crippen molar-refractivity contribution in [2.24, 2.45) is 0 Å². The molecule has 2 saturated heterocycles. The number of carbonyl (C=O) groups is 1.